The number of halogens is 1. The van der Waals surface area contributed by atoms with Crippen LogP contribution in [0.2, 0.25) is 0 Å². The molecule has 1 unspecified atom stereocenters. The molecule has 1 atom stereocenters. The summed E-state index contributed by atoms with van der Waals surface area (Å²) in [6.45, 7) is 0. The Kier molecular flexibility index (Phi) is 3.26. The Hall–Kier alpha value is -0.860. The van der Waals surface area contributed by atoms with Gasteiger partial charge in [-0.3, -0.25) is 4.79 Å². The van der Waals surface area contributed by atoms with Gasteiger partial charge < -0.3 is 5.11 Å². The first-order valence-corrected chi connectivity index (χ1v) is 3.99. The minimum Gasteiger partial charge on any atom is -0.384 e. The highest BCUT2D eigenvalue weighted by Crippen LogP contribution is 2.04. The third-order valence-corrected chi connectivity index (χ3v) is 1.79. The molecule has 0 fully saturated rings. The summed E-state index contributed by atoms with van der Waals surface area (Å²) in [5.41, 5.74) is 0.902. The molecule has 0 aliphatic heterocycles. The van der Waals surface area contributed by atoms with Gasteiger partial charge in [-0.2, -0.15) is 0 Å². The van der Waals surface area contributed by atoms with Crippen LogP contribution in [-0.2, 0) is 11.2 Å². The van der Waals surface area contributed by atoms with Crippen LogP contribution in [0, 0.1) is 0 Å². The molecule has 64 valence electrons. The van der Waals surface area contributed by atoms with E-state index in [0.29, 0.717) is 0 Å². The van der Waals surface area contributed by atoms with Crippen LogP contribution in [0.5, 0.6) is 0 Å². The molecule has 0 saturated carbocycles. The largest absolute Gasteiger partial charge is 0.384 e. The van der Waals surface area contributed by atoms with Crippen molar-refractivity contribution in [2.75, 3.05) is 0 Å². The molecule has 1 aromatic carbocycles. The molecule has 0 spiro atoms. The standard InChI is InChI=1S/C9H9ClO2/c10-9(12)8(11)6-7-4-2-1-3-5-7/h1-5,8,11H,6H2. The predicted octanol–water partition coefficient (Wildman–Crippen LogP) is 1.36. The van der Waals surface area contributed by atoms with Crippen molar-refractivity contribution in [2.24, 2.45) is 0 Å². The lowest BCUT2D eigenvalue weighted by atomic mass is 10.1. The zero-order chi connectivity index (χ0) is 8.97. The van der Waals surface area contributed by atoms with E-state index in [1.807, 2.05) is 30.3 Å². The fraction of sp³-hybridized carbons (Fsp3) is 0.222. The normalized spacial score (nSPS) is 12.5. The highest BCUT2D eigenvalue weighted by molar-refractivity contribution is 6.64. The Morgan fingerprint density at radius 2 is 2.00 bits per heavy atom. The van der Waals surface area contributed by atoms with Gasteiger partial charge >= 0.3 is 0 Å². The van der Waals surface area contributed by atoms with Gasteiger partial charge in [0.2, 0.25) is 0 Å². The number of benzene rings is 1. The van der Waals surface area contributed by atoms with Gasteiger partial charge in [-0.1, -0.05) is 30.3 Å². The van der Waals surface area contributed by atoms with Crippen molar-refractivity contribution in [3.63, 3.8) is 0 Å². The van der Waals surface area contributed by atoms with Crippen molar-refractivity contribution in [2.45, 2.75) is 12.5 Å². The number of aliphatic hydroxyl groups is 1. The third kappa shape index (κ3) is 2.64. The molecule has 1 N–H and O–H groups in total. The average Bonchev–Trinajstić information content (AvgIpc) is 2.06. The summed E-state index contributed by atoms with van der Waals surface area (Å²) < 4.78 is 0. The van der Waals surface area contributed by atoms with E-state index in [9.17, 15) is 4.79 Å². The Bertz CT molecular complexity index is 258. The van der Waals surface area contributed by atoms with Gasteiger partial charge in [-0.15, -0.1) is 0 Å². The monoisotopic (exact) mass is 184 g/mol. The highest BCUT2D eigenvalue weighted by Gasteiger charge is 2.11. The van der Waals surface area contributed by atoms with E-state index in [2.05, 4.69) is 0 Å². The number of hydrogen-bond acceptors (Lipinski definition) is 2. The van der Waals surface area contributed by atoms with Gasteiger partial charge in [-0.05, 0) is 17.2 Å². The molecular weight excluding hydrogens is 176 g/mol. The molecule has 0 heterocycles. The van der Waals surface area contributed by atoms with E-state index < -0.39 is 11.3 Å². The Morgan fingerprint density at radius 1 is 1.42 bits per heavy atom. The molecule has 1 rings (SSSR count). The maximum absolute atomic E-state index is 10.5. The minimum atomic E-state index is -1.09. The number of carbonyl (C=O) groups excluding carboxylic acids is 1. The van der Waals surface area contributed by atoms with Gasteiger partial charge in [0.25, 0.3) is 5.24 Å². The lowest BCUT2D eigenvalue weighted by Gasteiger charge is -2.03. The number of carbonyl (C=O) groups is 1. The average molecular weight is 185 g/mol. The summed E-state index contributed by atoms with van der Waals surface area (Å²) in [5, 5.41) is 8.39. The topological polar surface area (TPSA) is 37.3 Å². The van der Waals surface area contributed by atoms with Crippen LogP contribution in [0.3, 0.4) is 0 Å². The van der Waals surface area contributed by atoms with E-state index in [-0.39, 0.29) is 6.42 Å². The highest BCUT2D eigenvalue weighted by atomic mass is 35.5. The van der Waals surface area contributed by atoms with Crippen LogP contribution in [0.15, 0.2) is 30.3 Å². The molecule has 0 radical (unpaired) electrons. The second kappa shape index (κ2) is 4.24. The van der Waals surface area contributed by atoms with Crippen molar-refractivity contribution >= 4 is 16.8 Å². The van der Waals surface area contributed by atoms with E-state index in [1.165, 1.54) is 0 Å². The van der Waals surface area contributed by atoms with E-state index in [1.54, 1.807) is 0 Å². The molecule has 2 nitrogen and oxygen atoms in total. The summed E-state index contributed by atoms with van der Waals surface area (Å²) in [7, 11) is 0. The van der Waals surface area contributed by atoms with Crippen molar-refractivity contribution in [3.8, 4) is 0 Å². The van der Waals surface area contributed by atoms with E-state index in [4.69, 9.17) is 16.7 Å². The summed E-state index contributed by atoms with van der Waals surface area (Å²) in [6, 6.07) is 9.24. The van der Waals surface area contributed by atoms with Crippen molar-refractivity contribution in [3.05, 3.63) is 35.9 Å². The SMILES string of the molecule is O=C(Cl)C(O)Cc1ccccc1. The van der Waals surface area contributed by atoms with Crippen LogP contribution in [-0.4, -0.2) is 16.5 Å². The molecule has 0 saturated heterocycles. The smallest absolute Gasteiger partial charge is 0.250 e. The van der Waals surface area contributed by atoms with Crippen molar-refractivity contribution in [1.29, 1.82) is 0 Å². The number of hydrogen-bond donors (Lipinski definition) is 1. The first-order chi connectivity index (χ1) is 5.70. The first kappa shape index (κ1) is 9.23. The fourth-order valence-electron chi connectivity index (χ4n) is 0.918. The summed E-state index contributed by atoms with van der Waals surface area (Å²) >= 11 is 5.09. The maximum Gasteiger partial charge on any atom is 0.250 e. The Morgan fingerprint density at radius 3 is 2.50 bits per heavy atom. The zero-order valence-electron chi connectivity index (χ0n) is 6.40. The summed E-state index contributed by atoms with van der Waals surface area (Å²) in [6.07, 6.45) is -0.808. The third-order valence-electron chi connectivity index (χ3n) is 1.53. The van der Waals surface area contributed by atoms with Crippen molar-refractivity contribution in [1.82, 2.24) is 0 Å². The van der Waals surface area contributed by atoms with Crippen LogP contribution in [0.4, 0.5) is 0 Å². The Balaban J connectivity index is 2.58. The van der Waals surface area contributed by atoms with E-state index >= 15 is 0 Å². The zero-order valence-corrected chi connectivity index (χ0v) is 7.16. The quantitative estimate of drug-likeness (QED) is 0.721. The van der Waals surface area contributed by atoms with Gasteiger partial charge in [0.05, 0.1) is 0 Å². The first-order valence-electron chi connectivity index (χ1n) is 3.61. The molecule has 0 amide bonds. The van der Waals surface area contributed by atoms with Crippen LogP contribution < -0.4 is 0 Å². The fourth-order valence-corrected chi connectivity index (χ4v) is 0.995. The molecule has 1 aromatic rings. The molecule has 0 aliphatic carbocycles. The van der Waals surface area contributed by atoms with Crippen LogP contribution in [0.1, 0.15) is 5.56 Å². The van der Waals surface area contributed by atoms with Crippen LogP contribution in [0.25, 0.3) is 0 Å². The van der Waals surface area contributed by atoms with Gasteiger partial charge in [0, 0.05) is 6.42 Å². The van der Waals surface area contributed by atoms with Gasteiger partial charge in [0.1, 0.15) is 6.10 Å². The predicted molar refractivity (Wildman–Crippen MR) is 47.0 cm³/mol. The molecule has 0 bridgehead atoms. The minimum absolute atomic E-state index is 0.281. The molecule has 12 heavy (non-hydrogen) atoms. The van der Waals surface area contributed by atoms with E-state index in [0.717, 1.165) is 5.56 Å². The molecule has 0 aromatic heterocycles. The summed E-state index contributed by atoms with van der Waals surface area (Å²) in [4.78, 5) is 10.5. The molecule has 3 heteroatoms. The summed E-state index contributed by atoms with van der Waals surface area (Å²) in [5.74, 6) is 0. The number of aliphatic hydroxyl groups excluding tert-OH is 1. The van der Waals surface area contributed by atoms with Gasteiger partial charge in [-0.25, -0.2) is 0 Å². The second-order valence-corrected chi connectivity index (χ2v) is 2.88. The molecular formula is C9H9ClO2. The Labute approximate surface area is 75.8 Å². The lowest BCUT2D eigenvalue weighted by Crippen LogP contribution is -2.17. The maximum atomic E-state index is 10.5. The molecule has 0 aliphatic rings. The second-order valence-electron chi connectivity index (χ2n) is 2.51. The number of rotatable bonds is 3. The van der Waals surface area contributed by atoms with Gasteiger partial charge in [0.15, 0.2) is 0 Å². The van der Waals surface area contributed by atoms with Crippen molar-refractivity contribution < 1.29 is 9.90 Å². The lowest BCUT2D eigenvalue weighted by molar-refractivity contribution is -0.118. The van der Waals surface area contributed by atoms with Crippen LogP contribution >= 0.6 is 11.6 Å².